The summed E-state index contributed by atoms with van der Waals surface area (Å²) in [5.41, 5.74) is 1.20. The lowest BCUT2D eigenvalue weighted by molar-refractivity contribution is -0.137. The lowest BCUT2D eigenvalue weighted by Gasteiger charge is -2.26. The van der Waals surface area contributed by atoms with Gasteiger partial charge < -0.3 is 19.7 Å². The maximum Gasteiger partial charge on any atom is 0.248 e. The molecule has 178 valence electrons. The lowest BCUT2D eigenvalue weighted by atomic mass is 10.2. The number of nitrogens with one attached hydrogen (secondary N) is 1. The smallest absolute Gasteiger partial charge is 0.248 e. The summed E-state index contributed by atoms with van der Waals surface area (Å²) in [5, 5.41) is 2.67. The zero-order valence-corrected chi connectivity index (χ0v) is 19.8. The number of ether oxygens (including phenoxy) is 2. The second kappa shape index (κ2) is 11.6. The number of benzene rings is 2. The molecule has 0 aliphatic carbocycles. The van der Waals surface area contributed by atoms with E-state index in [-0.39, 0.29) is 54.4 Å². The average Bonchev–Trinajstić information content (AvgIpc) is 2.81. The molecule has 0 atom stereocenters. The van der Waals surface area contributed by atoms with E-state index in [2.05, 4.69) is 5.32 Å². The summed E-state index contributed by atoms with van der Waals surface area (Å²) >= 11 is 6.14. The molecule has 0 aromatic heterocycles. The minimum absolute atomic E-state index is 0.0577. The van der Waals surface area contributed by atoms with Crippen molar-refractivity contribution >= 4 is 39.1 Å². The largest absolute Gasteiger partial charge is 0.379 e. The third kappa shape index (κ3) is 6.99. The van der Waals surface area contributed by atoms with E-state index >= 15 is 0 Å². The van der Waals surface area contributed by atoms with Gasteiger partial charge in [-0.25, -0.2) is 8.42 Å². The van der Waals surface area contributed by atoms with Crippen molar-refractivity contribution in [1.29, 1.82) is 0 Å². The summed E-state index contributed by atoms with van der Waals surface area (Å²) in [6.07, 6.45) is 0. The first-order valence-corrected chi connectivity index (χ1v) is 12.1. The molecule has 3 rings (SSSR count). The molecule has 1 aliphatic rings. The van der Waals surface area contributed by atoms with Crippen LogP contribution < -0.4 is 5.32 Å². The number of rotatable bonds is 9. The third-order valence-corrected chi connectivity index (χ3v) is 7.33. The molecule has 2 aromatic carbocycles. The van der Waals surface area contributed by atoms with E-state index in [1.165, 1.54) is 34.5 Å². The maximum atomic E-state index is 12.9. The highest BCUT2D eigenvalue weighted by atomic mass is 35.5. The minimum Gasteiger partial charge on any atom is -0.379 e. The highest BCUT2D eigenvalue weighted by Crippen LogP contribution is 2.28. The Morgan fingerprint density at radius 2 is 1.85 bits per heavy atom. The summed E-state index contributed by atoms with van der Waals surface area (Å²) in [6, 6.07) is 13.7. The van der Waals surface area contributed by atoms with E-state index in [1.807, 2.05) is 30.3 Å². The first kappa shape index (κ1) is 25.1. The molecule has 1 heterocycles. The van der Waals surface area contributed by atoms with Crippen molar-refractivity contribution < 1.29 is 27.5 Å². The standard InChI is InChI=1S/C22H26ClN3O6S/c1-25(22(28)16-32-15-17-5-3-2-4-6-17)14-21(27)24-18-7-8-19(23)20(13-18)33(29,30)26-9-11-31-12-10-26/h2-8,13H,9-12,14-16H2,1H3,(H,24,27). The number of anilines is 1. The first-order chi connectivity index (χ1) is 15.8. The first-order valence-electron chi connectivity index (χ1n) is 10.3. The molecule has 1 saturated heterocycles. The van der Waals surface area contributed by atoms with Crippen LogP contribution >= 0.6 is 11.6 Å². The van der Waals surface area contributed by atoms with Crippen molar-refractivity contribution in [2.75, 3.05) is 51.8 Å². The number of hydrogen-bond acceptors (Lipinski definition) is 6. The number of sulfonamides is 1. The zero-order valence-electron chi connectivity index (χ0n) is 18.2. The number of hydrogen-bond donors (Lipinski definition) is 1. The van der Waals surface area contributed by atoms with Crippen LogP contribution in [0.1, 0.15) is 5.56 Å². The molecule has 1 fully saturated rings. The summed E-state index contributed by atoms with van der Waals surface area (Å²) in [4.78, 5) is 25.8. The van der Waals surface area contributed by atoms with Gasteiger partial charge in [-0.1, -0.05) is 41.9 Å². The predicted molar refractivity (Wildman–Crippen MR) is 123 cm³/mol. The number of carbonyl (C=O) groups excluding carboxylic acids is 2. The normalized spacial score (nSPS) is 14.6. The Balaban J connectivity index is 1.55. The van der Waals surface area contributed by atoms with E-state index in [4.69, 9.17) is 21.1 Å². The maximum absolute atomic E-state index is 12.9. The highest BCUT2D eigenvalue weighted by Gasteiger charge is 2.28. The third-order valence-electron chi connectivity index (χ3n) is 4.95. The molecule has 0 radical (unpaired) electrons. The van der Waals surface area contributed by atoms with Crippen molar-refractivity contribution in [3.05, 3.63) is 59.1 Å². The number of nitrogens with zero attached hydrogens (tertiary/aromatic N) is 2. The van der Waals surface area contributed by atoms with Gasteiger partial charge in [0.2, 0.25) is 21.8 Å². The average molecular weight is 496 g/mol. The molecule has 0 bridgehead atoms. The van der Waals surface area contributed by atoms with E-state index in [9.17, 15) is 18.0 Å². The molecular weight excluding hydrogens is 470 g/mol. The molecule has 1 aliphatic heterocycles. The van der Waals surface area contributed by atoms with Crippen LogP contribution in [0.2, 0.25) is 5.02 Å². The molecule has 2 aromatic rings. The van der Waals surface area contributed by atoms with E-state index in [0.717, 1.165) is 5.56 Å². The van der Waals surface area contributed by atoms with Gasteiger partial charge in [0.15, 0.2) is 0 Å². The van der Waals surface area contributed by atoms with Crippen LogP contribution in [-0.4, -0.2) is 75.9 Å². The topological polar surface area (TPSA) is 105 Å². The van der Waals surface area contributed by atoms with Gasteiger partial charge in [-0.3, -0.25) is 9.59 Å². The number of likely N-dealkylation sites (N-methyl/N-ethyl adjacent to an activating group) is 1. The molecule has 0 unspecified atom stereocenters. The van der Waals surface area contributed by atoms with Gasteiger partial charge in [0, 0.05) is 25.8 Å². The van der Waals surface area contributed by atoms with Gasteiger partial charge in [-0.15, -0.1) is 0 Å². The zero-order chi connectivity index (χ0) is 23.8. The van der Waals surface area contributed by atoms with Crippen molar-refractivity contribution in [2.24, 2.45) is 0 Å². The number of carbonyl (C=O) groups is 2. The summed E-state index contributed by atoms with van der Waals surface area (Å²) in [5.74, 6) is -0.835. The van der Waals surface area contributed by atoms with Crippen LogP contribution in [0.3, 0.4) is 0 Å². The van der Waals surface area contributed by atoms with Crippen LogP contribution in [0.15, 0.2) is 53.4 Å². The van der Waals surface area contributed by atoms with Gasteiger partial charge in [0.1, 0.15) is 11.5 Å². The lowest BCUT2D eigenvalue weighted by Crippen LogP contribution is -2.40. The van der Waals surface area contributed by atoms with Crippen molar-refractivity contribution in [2.45, 2.75) is 11.5 Å². The van der Waals surface area contributed by atoms with Crippen LogP contribution in [0.25, 0.3) is 0 Å². The van der Waals surface area contributed by atoms with E-state index in [0.29, 0.717) is 13.2 Å². The van der Waals surface area contributed by atoms with Crippen molar-refractivity contribution in [1.82, 2.24) is 9.21 Å². The Kier molecular flexibility index (Phi) is 8.81. The summed E-state index contributed by atoms with van der Waals surface area (Å²) in [6.45, 7) is 0.982. The fourth-order valence-electron chi connectivity index (χ4n) is 3.15. The fraction of sp³-hybridized carbons (Fsp3) is 0.364. The monoisotopic (exact) mass is 495 g/mol. The SMILES string of the molecule is CN(CC(=O)Nc1ccc(Cl)c(S(=O)(=O)N2CCOCC2)c1)C(=O)COCc1ccccc1. The molecule has 11 heteroatoms. The van der Waals surface area contributed by atoms with Crippen molar-refractivity contribution in [3.63, 3.8) is 0 Å². The van der Waals surface area contributed by atoms with E-state index in [1.54, 1.807) is 0 Å². The molecule has 33 heavy (non-hydrogen) atoms. The Morgan fingerprint density at radius 1 is 1.15 bits per heavy atom. The van der Waals surface area contributed by atoms with Crippen LogP contribution in [0, 0.1) is 0 Å². The van der Waals surface area contributed by atoms with Gasteiger partial charge in [-0.2, -0.15) is 4.31 Å². The van der Waals surface area contributed by atoms with Crippen LogP contribution in [0.4, 0.5) is 5.69 Å². The highest BCUT2D eigenvalue weighted by molar-refractivity contribution is 7.89. The van der Waals surface area contributed by atoms with Gasteiger partial charge in [0.05, 0.1) is 31.4 Å². The second-order valence-electron chi connectivity index (χ2n) is 7.44. The molecule has 0 spiro atoms. The Hall–Kier alpha value is -2.50. The van der Waals surface area contributed by atoms with Crippen LogP contribution in [0.5, 0.6) is 0 Å². The second-order valence-corrected chi connectivity index (χ2v) is 9.75. The Morgan fingerprint density at radius 3 is 2.55 bits per heavy atom. The molecule has 1 N–H and O–H groups in total. The van der Waals surface area contributed by atoms with Gasteiger partial charge in [-0.05, 0) is 23.8 Å². The van der Waals surface area contributed by atoms with Gasteiger partial charge in [0.25, 0.3) is 0 Å². The number of morpholine rings is 1. The summed E-state index contributed by atoms with van der Waals surface area (Å²) in [7, 11) is -2.34. The fourth-order valence-corrected chi connectivity index (χ4v) is 5.06. The van der Waals surface area contributed by atoms with Crippen LogP contribution in [-0.2, 0) is 35.7 Å². The number of halogens is 1. The van der Waals surface area contributed by atoms with E-state index < -0.39 is 15.9 Å². The molecular formula is C22H26ClN3O6S. The predicted octanol–water partition coefficient (Wildman–Crippen LogP) is 1.97. The number of amides is 2. The quantitative estimate of drug-likeness (QED) is 0.570. The summed E-state index contributed by atoms with van der Waals surface area (Å²) < 4.78 is 37.8. The molecule has 2 amide bonds. The Labute approximate surface area is 198 Å². The molecule has 0 saturated carbocycles. The minimum atomic E-state index is -3.83. The van der Waals surface area contributed by atoms with Crippen molar-refractivity contribution in [3.8, 4) is 0 Å². The Bertz CT molecular complexity index is 1070. The molecule has 9 nitrogen and oxygen atoms in total. The van der Waals surface area contributed by atoms with Gasteiger partial charge >= 0.3 is 0 Å².